The van der Waals surface area contributed by atoms with Crippen LogP contribution in [0, 0.1) is 0 Å². The molecule has 0 aliphatic rings. The monoisotopic (exact) mass is 250 g/mol. The zero-order valence-corrected chi connectivity index (χ0v) is 10.4. The number of rotatable bonds is 7. The Balaban J connectivity index is 2.33. The quantitative estimate of drug-likeness (QED) is 0.554. The fraction of sp³-hybridized carbons (Fsp3) is 0.385. The van der Waals surface area contributed by atoms with Gasteiger partial charge in [-0.1, -0.05) is 12.1 Å². The predicted octanol–water partition coefficient (Wildman–Crippen LogP) is 0.828. The van der Waals surface area contributed by atoms with Crippen LogP contribution in [0.15, 0.2) is 24.3 Å². The van der Waals surface area contributed by atoms with Crippen molar-refractivity contribution in [2.45, 2.75) is 19.9 Å². The fourth-order valence-corrected chi connectivity index (χ4v) is 1.49. The van der Waals surface area contributed by atoms with E-state index in [1.165, 1.54) is 0 Å². The molecule has 0 aliphatic carbocycles. The highest BCUT2D eigenvalue weighted by atomic mass is 16.5. The number of hydrogen-bond acceptors (Lipinski definition) is 4. The van der Waals surface area contributed by atoms with Crippen LogP contribution in [0.25, 0.3) is 0 Å². The number of carbonyl (C=O) groups excluding carboxylic acids is 2. The van der Waals surface area contributed by atoms with E-state index in [9.17, 15) is 9.59 Å². The average molecular weight is 250 g/mol. The average Bonchev–Trinajstić information content (AvgIpc) is 2.35. The molecule has 0 aliphatic heterocycles. The van der Waals surface area contributed by atoms with E-state index in [-0.39, 0.29) is 5.97 Å². The first-order valence-electron chi connectivity index (χ1n) is 5.88. The van der Waals surface area contributed by atoms with Crippen LogP contribution >= 0.6 is 0 Å². The number of hydrogen-bond donors (Lipinski definition) is 2. The third-order valence-corrected chi connectivity index (χ3v) is 2.35. The van der Waals surface area contributed by atoms with E-state index in [0.29, 0.717) is 31.7 Å². The van der Waals surface area contributed by atoms with Gasteiger partial charge in [-0.2, -0.15) is 0 Å². The highest BCUT2D eigenvalue weighted by molar-refractivity contribution is 5.92. The number of esters is 1. The van der Waals surface area contributed by atoms with Crippen LogP contribution in [0.2, 0.25) is 0 Å². The second-order valence-corrected chi connectivity index (χ2v) is 3.80. The lowest BCUT2D eigenvalue weighted by molar-refractivity contribution is -0.142. The molecule has 0 bridgehead atoms. The van der Waals surface area contributed by atoms with Crippen molar-refractivity contribution >= 4 is 11.9 Å². The smallest absolute Gasteiger partial charge is 0.307 e. The molecule has 0 aromatic heterocycles. The van der Waals surface area contributed by atoms with Crippen molar-refractivity contribution in [2.24, 2.45) is 5.73 Å². The summed E-state index contributed by atoms with van der Waals surface area (Å²) in [5.74, 6) is -0.653. The van der Waals surface area contributed by atoms with Gasteiger partial charge >= 0.3 is 5.97 Å². The number of primary amides is 1. The lowest BCUT2D eigenvalue weighted by atomic mass is 10.1. The minimum absolute atomic E-state index is 0.212. The summed E-state index contributed by atoms with van der Waals surface area (Å²) < 4.78 is 4.80. The molecule has 0 unspecified atom stereocenters. The van der Waals surface area contributed by atoms with Crippen molar-refractivity contribution in [3.05, 3.63) is 35.4 Å². The first-order chi connectivity index (χ1) is 8.63. The van der Waals surface area contributed by atoms with E-state index in [4.69, 9.17) is 10.5 Å². The molecule has 1 aromatic carbocycles. The van der Waals surface area contributed by atoms with Gasteiger partial charge < -0.3 is 15.8 Å². The van der Waals surface area contributed by atoms with Crippen LogP contribution in [-0.4, -0.2) is 25.0 Å². The van der Waals surface area contributed by atoms with Gasteiger partial charge in [0.05, 0.1) is 13.0 Å². The van der Waals surface area contributed by atoms with Gasteiger partial charge in [0.15, 0.2) is 0 Å². The first kappa shape index (κ1) is 14.2. The Morgan fingerprint density at radius 2 is 2.17 bits per heavy atom. The van der Waals surface area contributed by atoms with Gasteiger partial charge in [0.2, 0.25) is 5.91 Å². The van der Waals surface area contributed by atoms with Crippen molar-refractivity contribution in [3.8, 4) is 0 Å². The molecule has 0 heterocycles. The van der Waals surface area contributed by atoms with Crippen LogP contribution < -0.4 is 11.1 Å². The second kappa shape index (κ2) is 7.45. The van der Waals surface area contributed by atoms with Crippen molar-refractivity contribution in [3.63, 3.8) is 0 Å². The third kappa shape index (κ3) is 4.97. The lowest BCUT2D eigenvalue weighted by Gasteiger charge is -2.06. The molecule has 0 spiro atoms. The van der Waals surface area contributed by atoms with Crippen LogP contribution in [-0.2, 0) is 16.1 Å². The molecule has 3 N–H and O–H groups in total. The Morgan fingerprint density at radius 3 is 2.83 bits per heavy atom. The molecule has 0 radical (unpaired) electrons. The number of nitrogens with one attached hydrogen (secondary N) is 1. The summed E-state index contributed by atoms with van der Waals surface area (Å²) in [5.41, 5.74) is 6.63. The molecule has 1 rings (SSSR count). The van der Waals surface area contributed by atoms with Gasteiger partial charge in [0.25, 0.3) is 0 Å². The summed E-state index contributed by atoms with van der Waals surface area (Å²) in [6.07, 6.45) is 0.337. The number of carbonyl (C=O) groups is 2. The van der Waals surface area contributed by atoms with E-state index in [2.05, 4.69) is 5.32 Å². The van der Waals surface area contributed by atoms with Gasteiger partial charge in [0, 0.05) is 18.7 Å². The van der Waals surface area contributed by atoms with Crippen molar-refractivity contribution in [2.75, 3.05) is 13.2 Å². The van der Waals surface area contributed by atoms with Crippen molar-refractivity contribution < 1.29 is 14.3 Å². The highest BCUT2D eigenvalue weighted by Gasteiger charge is 2.02. The molecule has 1 aromatic rings. The molecule has 0 atom stereocenters. The van der Waals surface area contributed by atoms with Crippen LogP contribution in [0.5, 0.6) is 0 Å². The third-order valence-electron chi connectivity index (χ3n) is 2.35. The Morgan fingerprint density at radius 1 is 1.39 bits per heavy atom. The standard InChI is InChI=1S/C13H18N2O3/c1-2-18-12(16)6-7-15-9-10-4-3-5-11(8-10)13(14)17/h3-5,8,15H,2,6-7,9H2,1H3,(H2,14,17). The van der Waals surface area contributed by atoms with Gasteiger partial charge in [0.1, 0.15) is 0 Å². The molecular formula is C13H18N2O3. The number of ether oxygens (including phenoxy) is 1. The molecule has 18 heavy (non-hydrogen) atoms. The summed E-state index contributed by atoms with van der Waals surface area (Å²) in [5, 5.41) is 3.10. The number of benzene rings is 1. The highest BCUT2D eigenvalue weighted by Crippen LogP contribution is 2.04. The minimum atomic E-state index is -0.441. The Kier molecular flexibility index (Phi) is 5.87. The summed E-state index contributed by atoms with van der Waals surface area (Å²) in [4.78, 5) is 22.1. The zero-order valence-electron chi connectivity index (χ0n) is 10.4. The molecule has 5 nitrogen and oxygen atoms in total. The van der Waals surface area contributed by atoms with E-state index in [1.807, 2.05) is 6.07 Å². The second-order valence-electron chi connectivity index (χ2n) is 3.80. The van der Waals surface area contributed by atoms with Gasteiger partial charge in [-0.05, 0) is 24.6 Å². The topological polar surface area (TPSA) is 81.4 Å². The SMILES string of the molecule is CCOC(=O)CCNCc1cccc(C(N)=O)c1. The fourth-order valence-electron chi connectivity index (χ4n) is 1.49. The molecular weight excluding hydrogens is 232 g/mol. The van der Waals surface area contributed by atoms with Crippen LogP contribution in [0.3, 0.4) is 0 Å². The van der Waals surface area contributed by atoms with E-state index >= 15 is 0 Å². The Bertz CT molecular complexity index is 418. The molecule has 1 amide bonds. The largest absolute Gasteiger partial charge is 0.466 e. The summed E-state index contributed by atoms with van der Waals surface area (Å²) in [6, 6.07) is 7.08. The predicted molar refractivity (Wildman–Crippen MR) is 67.9 cm³/mol. The molecule has 98 valence electrons. The maximum Gasteiger partial charge on any atom is 0.307 e. The minimum Gasteiger partial charge on any atom is -0.466 e. The summed E-state index contributed by atoms with van der Waals surface area (Å²) >= 11 is 0. The van der Waals surface area contributed by atoms with Crippen LogP contribution in [0.1, 0.15) is 29.3 Å². The zero-order chi connectivity index (χ0) is 13.4. The number of nitrogens with two attached hydrogens (primary N) is 1. The molecule has 0 saturated heterocycles. The van der Waals surface area contributed by atoms with E-state index < -0.39 is 5.91 Å². The van der Waals surface area contributed by atoms with Crippen molar-refractivity contribution in [1.82, 2.24) is 5.32 Å². The molecule has 0 saturated carbocycles. The lowest BCUT2D eigenvalue weighted by Crippen LogP contribution is -2.19. The maximum atomic E-state index is 11.1. The Hall–Kier alpha value is -1.88. The van der Waals surface area contributed by atoms with Gasteiger partial charge in [-0.15, -0.1) is 0 Å². The maximum absolute atomic E-state index is 11.1. The van der Waals surface area contributed by atoms with Gasteiger partial charge in [-0.3, -0.25) is 9.59 Å². The Labute approximate surface area is 106 Å². The summed E-state index contributed by atoms with van der Waals surface area (Å²) in [7, 11) is 0. The van der Waals surface area contributed by atoms with E-state index in [0.717, 1.165) is 5.56 Å². The molecule has 0 fully saturated rings. The summed E-state index contributed by atoms with van der Waals surface area (Å²) in [6.45, 7) is 3.31. The first-order valence-corrected chi connectivity index (χ1v) is 5.88. The molecule has 5 heteroatoms. The van der Waals surface area contributed by atoms with Gasteiger partial charge in [-0.25, -0.2) is 0 Å². The van der Waals surface area contributed by atoms with E-state index in [1.54, 1.807) is 25.1 Å². The number of amides is 1. The van der Waals surface area contributed by atoms with Crippen molar-refractivity contribution in [1.29, 1.82) is 0 Å². The normalized spacial score (nSPS) is 10.1. The van der Waals surface area contributed by atoms with Crippen LogP contribution in [0.4, 0.5) is 0 Å².